The largest absolute Gasteiger partial charge is 0.389 e. The predicted molar refractivity (Wildman–Crippen MR) is 89.0 cm³/mol. The van der Waals surface area contributed by atoms with Crippen LogP contribution < -0.4 is 0 Å². The normalized spacial score (nSPS) is 27.4. The van der Waals surface area contributed by atoms with E-state index in [9.17, 15) is 5.11 Å². The van der Waals surface area contributed by atoms with Gasteiger partial charge in [-0.05, 0) is 56.7 Å². The first-order chi connectivity index (χ1) is 10.7. The average molecular weight is 303 g/mol. The highest BCUT2D eigenvalue weighted by Crippen LogP contribution is 2.32. The van der Waals surface area contributed by atoms with Gasteiger partial charge >= 0.3 is 0 Å². The van der Waals surface area contributed by atoms with Crippen molar-refractivity contribution in [3.05, 3.63) is 35.4 Å². The second-order valence-corrected chi connectivity index (χ2v) is 6.91. The van der Waals surface area contributed by atoms with E-state index in [0.717, 1.165) is 25.9 Å². The lowest BCUT2D eigenvalue weighted by Gasteiger charge is -2.35. The molecule has 1 aliphatic heterocycles. The highest BCUT2D eigenvalue weighted by molar-refractivity contribution is 5.31. The predicted octanol–water partition coefficient (Wildman–Crippen LogP) is 3.32. The first kappa shape index (κ1) is 16.0. The topological polar surface area (TPSA) is 32.7 Å². The summed E-state index contributed by atoms with van der Waals surface area (Å²) < 4.78 is 6.07. The van der Waals surface area contributed by atoms with Crippen molar-refractivity contribution >= 4 is 0 Å². The van der Waals surface area contributed by atoms with Crippen LogP contribution in [-0.2, 0) is 11.2 Å². The molecular weight excluding hydrogens is 274 g/mol. The molecule has 0 aromatic heterocycles. The van der Waals surface area contributed by atoms with Crippen LogP contribution in [0.2, 0.25) is 0 Å². The molecular formula is C19H29NO2. The monoisotopic (exact) mass is 303 g/mol. The van der Waals surface area contributed by atoms with E-state index in [2.05, 4.69) is 36.1 Å². The van der Waals surface area contributed by atoms with Crippen molar-refractivity contribution in [2.24, 2.45) is 0 Å². The maximum atomic E-state index is 10.3. The molecule has 0 bridgehead atoms. The van der Waals surface area contributed by atoms with E-state index < -0.39 is 0 Å². The van der Waals surface area contributed by atoms with Crippen LogP contribution in [0.4, 0.5) is 0 Å². The summed E-state index contributed by atoms with van der Waals surface area (Å²) in [4.78, 5) is 2.41. The summed E-state index contributed by atoms with van der Waals surface area (Å²) in [6, 6.07) is 9.17. The summed E-state index contributed by atoms with van der Waals surface area (Å²) in [6.45, 7) is 4.58. The number of nitrogens with zero attached hydrogens (tertiary/aromatic N) is 1. The first-order valence-electron chi connectivity index (χ1n) is 8.85. The maximum Gasteiger partial charge on any atom is 0.0900 e. The molecule has 1 aliphatic carbocycles. The van der Waals surface area contributed by atoms with Gasteiger partial charge in [-0.2, -0.15) is 0 Å². The Labute approximate surface area is 134 Å². The number of aliphatic hydroxyl groups is 1. The highest BCUT2D eigenvalue weighted by atomic mass is 16.5. The zero-order valence-electron chi connectivity index (χ0n) is 13.7. The Hall–Kier alpha value is -0.900. The number of likely N-dealkylation sites (tertiary alicyclic amines) is 1. The van der Waals surface area contributed by atoms with Gasteiger partial charge in [0, 0.05) is 12.6 Å². The van der Waals surface area contributed by atoms with E-state index >= 15 is 0 Å². The van der Waals surface area contributed by atoms with Gasteiger partial charge in [0.15, 0.2) is 0 Å². The molecule has 0 spiro atoms. The fourth-order valence-electron chi connectivity index (χ4n) is 3.86. The lowest BCUT2D eigenvalue weighted by Crippen LogP contribution is -2.43. The average Bonchev–Trinajstić information content (AvgIpc) is 2.55. The van der Waals surface area contributed by atoms with Crippen molar-refractivity contribution in [3.63, 3.8) is 0 Å². The van der Waals surface area contributed by atoms with Crippen LogP contribution in [0.15, 0.2) is 24.3 Å². The van der Waals surface area contributed by atoms with Gasteiger partial charge in [0.1, 0.15) is 0 Å². The van der Waals surface area contributed by atoms with Crippen LogP contribution in [-0.4, -0.2) is 41.8 Å². The van der Waals surface area contributed by atoms with E-state index in [1.807, 2.05) is 0 Å². The number of hydrogen-bond acceptors (Lipinski definition) is 3. The minimum Gasteiger partial charge on any atom is -0.389 e. The summed E-state index contributed by atoms with van der Waals surface area (Å²) in [7, 11) is 0. The van der Waals surface area contributed by atoms with Gasteiger partial charge in [-0.15, -0.1) is 0 Å². The Bertz CT molecular complexity index is 476. The van der Waals surface area contributed by atoms with E-state index in [-0.39, 0.29) is 12.2 Å². The molecule has 1 aromatic carbocycles. The number of benzene rings is 1. The highest BCUT2D eigenvalue weighted by Gasteiger charge is 2.24. The van der Waals surface area contributed by atoms with Crippen LogP contribution in [0, 0.1) is 0 Å². The number of ether oxygens (including phenoxy) is 1. The van der Waals surface area contributed by atoms with Crippen LogP contribution in [0.3, 0.4) is 0 Å². The van der Waals surface area contributed by atoms with Crippen molar-refractivity contribution in [1.82, 2.24) is 4.90 Å². The van der Waals surface area contributed by atoms with Crippen LogP contribution in [0.5, 0.6) is 0 Å². The summed E-state index contributed by atoms with van der Waals surface area (Å²) in [5.74, 6) is 0. The van der Waals surface area contributed by atoms with Crippen LogP contribution in [0.25, 0.3) is 0 Å². The van der Waals surface area contributed by atoms with Crippen molar-refractivity contribution in [1.29, 1.82) is 0 Å². The fraction of sp³-hybridized carbons (Fsp3) is 0.684. The Morgan fingerprint density at radius 2 is 2.09 bits per heavy atom. The third kappa shape index (κ3) is 3.89. The van der Waals surface area contributed by atoms with Gasteiger partial charge in [0.2, 0.25) is 0 Å². The van der Waals surface area contributed by atoms with Crippen molar-refractivity contribution in [2.75, 3.05) is 19.7 Å². The number of rotatable bonds is 5. The quantitative estimate of drug-likeness (QED) is 0.906. The molecule has 122 valence electrons. The molecule has 0 saturated carbocycles. The summed E-state index contributed by atoms with van der Waals surface area (Å²) >= 11 is 0. The van der Waals surface area contributed by atoms with E-state index in [1.54, 1.807) is 0 Å². The first-order valence-corrected chi connectivity index (χ1v) is 8.85. The molecule has 1 heterocycles. The Balaban J connectivity index is 1.50. The molecule has 2 aliphatic rings. The number of β-amino-alcohol motifs (C(OH)–C–C–N with tert-alkyl or cyclic N) is 1. The fourth-order valence-corrected chi connectivity index (χ4v) is 3.86. The number of piperidine rings is 1. The summed E-state index contributed by atoms with van der Waals surface area (Å²) in [5, 5.41) is 10.3. The molecule has 1 aromatic rings. The zero-order valence-corrected chi connectivity index (χ0v) is 13.7. The minimum absolute atomic E-state index is 0.165. The molecule has 22 heavy (non-hydrogen) atoms. The molecule has 1 saturated heterocycles. The smallest absolute Gasteiger partial charge is 0.0900 e. The van der Waals surface area contributed by atoms with Gasteiger partial charge in [0.05, 0.1) is 18.8 Å². The molecule has 3 atom stereocenters. The number of fused-ring (bicyclic) bond motifs is 1. The molecule has 3 rings (SSSR count). The van der Waals surface area contributed by atoms with Crippen molar-refractivity contribution < 1.29 is 9.84 Å². The van der Waals surface area contributed by atoms with E-state index in [0.29, 0.717) is 12.6 Å². The zero-order chi connectivity index (χ0) is 15.4. The van der Waals surface area contributed by atoms with E-state index in [4.69, 9.17) is 4.74 Å². The Morgan fingerprint density at radius 3 is 2.95 bits per heavy atom. The number of hydrogen-bond donors (Lipinski definition) is 1. The standard InChI is InChI=1S/C19H29NO2/c1-15-7-4-5-12-20(15)13-17(21)14-22-19-11-6-9-16-8-2-3-10-18(16)19/h2-3,8,10,15,17,19,21H,4-7,9,11-14H2,1H3/t15-,17-,19+/m0/s1. The number of aryl methyl sites for hydroxylation is 1. The Morgan fingerprint density at radius 1 is 1.23 bits per heavy atom. The maximum absolute atomic E-state index is 10.3. The van der Waals surface area contributed by atoms with Crippen molar-refractivity contribution in [3.8, 4) is 0 Å². The Kier molecular flexibility index (Phi) is 5.51. The molecule has 3 nitrogen and oxygen atoms in total. The second-order valence-electron chi connectivity index (χ2n) is 6.91. The van der Waals surface area contributed by atoms with Gasteiger partial charge in [0.25, 0.3) is 0 Å². The lowest BCUT2D eigenvalue weighted by atomic mass is 9.89. The van der Waals surface area contributed by atoms with Crippen LogP contribution in [0.1, 0.15) is 56.3 Å². The van der Waals surface area contributed by atoms with Crippen LogP contribution >= 0.6 is 0 Å². The van der Waals surface area contributed by atoms with E-state index in [1.165, 1.54) is 36.8 Å². The molecule has 3 heteroatoms. The summed E-state index contributed by atoms with van der Waals surface area (Å²) in [6.07, 6.45) is 7.03. The van der Waals surface area contributed by atoms with Gasteiger partial charge in [-0.3, -0.25) is 4.90 Å². The SMILES string of the molecule is C[C@H]1CCCCN1C[C@H](O)CO[C@@H]1CCCc2ccccc21. The van der Waals surface area contributed by atoms with Gasteiger partial charge in [-0.25, -0.2) is 0 Å². The van der Waals surface area contributed by atoms with Crippen molar-refractivity contribution in [2.45, 2.75) is 63.7 Å². The third-order valence-corrected chi connectivity index (χ3v) is 5.19. The molecule has 1 fully saturated rings. The molecule has 1 N–H and O–H groups in total. The molecule has 0 unspecified atom stereocenters. The second kappa shape index (κ2) is 7.58. The minimum atomic E-state index is -0.380. The lowest BCUT2D eigenvalue weighted by molar-refractivity contribution is -0.0343. The van der Waals surface area contributed by atoms with Gasteiger partial charge in [-0.1, -0.05) is 30.7 Å². The summed E-state index contributed by atoms with van der Waals surface area (Å²) in [5.41, 5.74) is 2.74. The third-order valence-electron chi connectivity index (χ3n) is 5.19. The van der Waals surface area contributed by atoms with Gasteiger partial charge < -0.3 is 9.84 Å². The molecule has 0 amide bonds. The number of aliphatic hydroxyl groups excluding tert-OH is 1. The molecule has 0 radical (unpaired) electrons.